The molecule has 2 rings (SSSR count). The lowest BCUT2D eigenvalue weighted by Gasteiger charge is -2.24. The van der Waals surface area contributed by atoms with Gasteiger partial charge in [-0.2, -0.15) is 0 Å². The molecule has 1 aliphatic rings. The van der Waals surface area contributed by atoms with Crippen molar-refractivity contribution in [2.45, 2.75) is 32.1 Å². The number of carbonyl (C=O) groups excluding carboxylic acids is 1. The highest BCUT2D eigenvalue weighted by atomic mass is 16.4. The Morgan fingerprint density at radius 1 is 1.35 bits per heavy atom. The van der Waals surface area contributed by atoms with Crippen molar-refractivity contribution in [2.24, 2.45) is 11.8 Å². The fourth-order valence-corrected chi connectivity index (χ4v) is 2.42. The van der Waals surface area contributed by atoms with E-state index in [0.717, 1.165) is 6.42 Å². The van der Waals surface area contributed by atoms with Gasteiger partial charge < -0.3 is 10.4 Å². The molecule has 4 heteroatoms. The molecule has 0 aromatic heterocycles. The molecule has 2 N–H and O–H groups in total. The van der Waals surface area contributed by atoms with Crippen LogP contribution in [0.3, 0.4) is 0 Å². The largest absolute Gasteiger partial charge is 0.481 e. The standard InChI is InChI=1S/C16H21NO3/c1-11-8-12(11)10-17-14(18)9-16(2,15(19)20)13-6-4-3-5-7-13/h3-7,11-12H,8-10H2,1-2H3,(H,17,18)(H,19,20). The van der Waals surface area contributed by atoms with Crippen molar-refractivity contribution in [2.75, 3.05) is 6.54 Å². The Morgan fingerprint density at radius 3 is 2.45 bits per heavy atom. The van der Waals surface area contributed by atoms with Crippen LogP contribution in [0.1, 0.15) is 32.3 Å². The Balaban J connectivity index is 2.01. The summed E-state index contributed by atoms with van der Waals surface area (Å²) in [6.45, 7) is 4.41. The summed E-state index contributed by atoms with van der Waals surface area (Å²) in [5.74, 6) is 0.0681. The van der Waals surface area contributed by atoms with Gasteiger partial charge in [0, 0.05) is 13.0 Å². The van der Waals surface area contributed by atoms with Gasteiger partial charge in [-0.15, -0.1) is 0 Å². The van der Waals surface area contributed by atoms with E-state index in [2.05, 4.69) is 12.2 Å². The number of carbonyl (C=O) groups is 2. The fourth-order valence-electron chi connectivity index (χ4n) is 2.42. The van der Waals surface area contributed by atoms with Crippen molar-refractivity contribution in [1.82, 2.24) is 5.32 Å². The molecule has 3 unspecified atom stereocenters. The van der Waals surface area contributed by atoms with E-state index in [0.29, 0.717) is 23.9 Å². The molecule has 0 saturated heterocycles. The maximum absolute atomic E-state index is 12.0. The van der Waals surface area contributed by atoms with E-state index < -0.39 is 11.4 Å². The van der Waals surface area contributed by atoms with Crippen LogP contribution < -0.4 is 5.32 Å². The molecule has 4 nitrogen and oxygen atoms in total. The summed E-state index contributed by atoms with van der Waals surface area (Å²) in [5, 5.41) is 12.3. The SMILES string of the molecule is CC1CC1CNC(=O)CC(C)(C(=O)O)c1ccccc1. The zero-order valence-electron chi connectivity index (χ0n) is 11.9. The third-order valence-corrected chi connectivity index (χ3v) is 4.23. The van der Waals surface area contributed by atoms with Crippen LogP contribution in [0.2, 0.25) is 0 Å². The molecular formula is C16H21NO3. The van der Waals surface area contributed by atoms with E-state index in [1.807, 2.05) is 6.07 Å². The minimum absolute atomic E-state index is 0.0343. The van der Waals surface area contributed by atoms with Gasteiger partial charge in [-0.25, -0.2) is 0 Å². The first-order chi connectivity index (χ1) is 9.43. The van der Waals surface area contributed by atoms with E-state index in [1.54, 1.807) is 31.2 Å². The highest BCUT2D eigenvalue weighted by molar-refractivity contribution is 5.89. The van der Waals surface area contributed by atoms with Crippen molar-refractivity contribution in [1.29, 1.82) is 0 Å². The van der Waals surface area contributed by atoms with Crippen LogP contribution >= 0.6 is 0 Å². The maximum Gasteiger partial charge on any atom is 0.314 e. The van der Waals surface area contributed by atoms with E-state index in [9.17, 15) is 14.7 Å². The molecule has 20 heavy (non-hydrogen) atoms. The van der Waals surface area contributed by atoms with Crippen LogP contribution in [-0.2, 0) is 15.0 Å². The van der Waals surface area contributed by atoms with Crippen LogP contribution in [0.25, 0.3) is 0 Å². The van der Waals surface area contributed by atoms with Crippen molar-refractivity contribution in [3.05, 3.63) is 35.9 Å². The number of carboxylic acids is 1. The third-order valence-electron chi connectivity index (χ3n) is 4.23. The Labute approximate surface area is 119 Å². The normalized spacial score (nSPS) is 23.7. The van der Waals surface area contributed by atoms with E-state index in [1.165, 1.54) is 0 Å². The Morgan fingerprint density at radius 2 is 1.95 bits per heavy atom. The average molecular weight is 275 g/mol. The van der Waals surface area contributed by atoms with Crippen molar-refractivity contribution in [3.8, 4) is 0 Å². The topological polar surface area (TPSA) is 66.4 Å². The molecule has 1 amide bonds. The van der Waals surface area contributed by atoms with Crippen LogP contribution in [0.15, 0.2) is 30.3 Å². The first kappa shape index (κ1) is 14.6. The number of rotatable bonds is 6. The van der Waals surface area contributed by atoms with Crippen LogP contribution in [0.5, 0.6) is 0 Å². The van der Waals surface area contributed by atoms with Gasteiger partial charge in [0.1, 0.15) is 0 Å². The minimum atomic E-state index is -1.18. The smallest absolute Gasteiger partial charge is 0.314 e. The molecule has 1 aromatic rings. The number of nitrogens with one attached hydrogen (secondary N) is 1. The van der Waals surface area contributed by atoms with Crippen molar-refractivity contribution in [3.63, 3.8) is 0 Å². The lowest BCUT2D eigenvalue weighted by Crippen LogP contribution is -2.39. The molecule has 1 aliphatic carbocycles. The number of amides is 1. The average Bonchev–Trinajstić information content (AvgIpc) is 3.13. The van der Waals surface area contributed by atoms with Gasteiger partial charge in [0.2, 0.25) is 5.91 Å². The van der Waals surface area contributed by atoms with Crippen molar-refractivity contribution < 1.29 is 14.7 Å². The second kappa shape index (κ2) is 5.65. The molecule has 0 spiro atoms. The molecule has 0 radical (unpaired) electrons. The van der Waals surface area contributed by atoms with E-state index >= 15 is 0 Å². The molecule has 0 bridgehead atoms. The molecule has 0 aliphatic heterocycles. The number of benzene rings is 1. The summed E-state index contributed by atoms with van der Waals surface area (Å²) < 4.78 is 0. The Kier molecular flexibility index (Phi) is 4.12. The van der Waals surface area contributed by atoms with Gasteiger partial charge in [0.05, 0.1) is 5.41 Å². The van der Waals surface area contributed by atoms with Gasteiger partial charge in [0.15, 0.2) is 0 Å². The fraction of sp³-hybridized carbons (Fsp3) is 0.500. The highest BCUT2D eigenvalue weighted by Crippen LogP contribution is 2.37. The summed E-state index contributed by atoms with van der Waals surface area (Å²) in [6.07, 6.45) is 1.11. The van der Waals surface area contributed by atoms with Crippen LogP contribution in [0.4, 0.5) is 0 Å². The van der Waals surface area contributed by atoms with E-state index in [-0.39, 0.29) is 12.3 Å². The summed E-state index contributed by atoms with van der Waals surface area (Å²) in [6, 6.07) is 8.93. The number of hydrogen-bond acceptors (Lipinski definition) is 2. The molecule has 0 heterocycles. The van der Waals surface area contributed by atoms with Gasteiger partial charge in [-0.05, 0) is 30.7 Å². The van der Waals surface area contributed by atoms with Gasteiger partial charge in [-0.1, -0.05) is 37.3 Å². The highest BCUT2D eigenvalue weighted by Gasteiger charge is 2.38. The molecular weight excluding hydrogens is 254 g/mol. The lowest BCUT2D eigenvalue weighted by atomic mass is 9.79. The summed E-state index contributed by atoms with van der Waals surface area (Å²) in [4.78, 5) is 23.6. The number of hydrogen-bond donors (Lipinski definition) is 2. The second-order valence-electron chi connectivity index (χ2n) is 5.96. The molecule has 1 saturated carbocycles. The Bertz CT molecular complexity index is 500. The summed E-state index contributed by atoms with van der Waals surface area (Å²) in [7, 11) is 0. The first-order valence-corrected chi connectivity index (χ1v) is 6.99. The second-order valence-corrected chi connectivity index (χ2v) is 5.96. The molecule has 1 aromatic carbocycles. The minimum Gasteiger partial charge on any atom is -0.481 e. The van der Waals surface area contributed by atoms with Gasteiger partial charge in [0.25, 0.3) is 0 Å². The van der Waals surface area contributed by atoms with E-state index in [4.69, 9.17) is 0 Å². The number of aliphatic carboxylic acids is 1. The number of carboxylic acid groups (broad SMARTS) is 1. The van der Waals surface area contributed by atoms with Gasteiger partial charge in [-0.3, -0.25) is 9.59 Å². The zero-order chi connectivity index (χ0) is 14.8. The molecule has 1 fully saturated rings. The predicted molar refractivity (Wildman–Crippen MR) is 76.3 cm³/mol. The summed E-state index contributed by atoms with van der Waals surface area (Å²) >= 11 is 0. The van der Waals surface area contributed by atoms with Crippen LogP contribution in [0, 0.1) is 11.8 Å². The monoisotopic (exact) mass is 275 g/mol. The van der Waals surface area contributed by atoms with Gasteiger partial charge >= 0.3 is 5.97 Å². The molecule has 3 atom stereocenters. The quantitative estimate of drug-likeness (QED) is 0.836. The molecule has 108 valence electrons. The predicted octanol–water partition coefficient (Wildman–Crippen LogP) is 2.19. The van der Waals surface area contributed by atoms with Crippen molar-refractivity contribution >= 4 is 11.9 Å². The summed E-state index contributed by atoms with van der Waals surface area (Å²) in [5.41, 5.74) is -0.525. The first-order valence-electron chi connectivity index (χ1n) is 6.99. The third kappa shape index (κ3) is 3.18. The Hall–Kier alpha value is -1.84. The van der Waals surface area contributed by atoms with Crippen LogP contribution in [-0.4, -0.2) is 23.5 Å². The zero-order valence-corrected chi connectivity index (χ0v) is 11.9. The maximum atomic E-state index is 12.0. The lowest BCUT2D eigenvalue weighted by molar-refractivity contribution is -0.145.